The maximum Gasteiger partial charge on any atom is 0.121 e. The van der Waals surface area contributed by atoms with Crippen LogP contribution in [0.4, 0.5) is 5.69 Å². The highest BCUT2D eigenvalue weighted by molar-refractivity contribution is 5.43. The number of rotatable bonds is 9. The summed E-state index contributed by atoms with van der Waals surface area (Å²) in [6.07, 6.45) is 5.18. The fourth-order valence-corrected chi connectivity index (χ4v) is 2.36. The molecule has 3 heteroatoms. The van der Waals surface area contributed by atoms with Crippen LogP contribution in [0.1, 0.15) is 32.6 Å². The van der Waals surface area contributed by atoms with Gasteiger partial charge in [-0.1, -0.05) is 13.0 Å². The van der Waals surface area contributed by atoms with Gasteiger partial charge in [0.2, 0.25) is 0 Å². The van der Waals surface area contributed by atoms with Crippen LogP contribution in [0.2, 0.25) is 0 Å². The Morgan fingerprint density at radius 2 is 2.16 bits per heavy atom. The minimum Gasteiger partial charge on any atom is -0.493 e. The number of hydrogen-bond acceptors (Lipinski definition) is 3. The van der Waals surface area contributed by atoms with Crippen molar-refractivity contribution in [3.05, 3.63) is 24.3 Å². The predicted molar refractivity (Wildman–Crippen MR) is 80.4 cm³/mol. The maximum atomic E-state index is 5.73. The molecule has 0 saturated heterocycles. The van der Waals surface area contributed by atoms with Crippen molar-refractivity contribution in [3.63, 3.8) is 0 Å². The fraction of sp³-hybridized carbons (Fsp3) is 0.625. The van der Waals surface area contributed by atoms with E-state index in [1.54, 1.807) is 0 Å². The van der Waals surface area contributed by atoms with E-state index in [2.05, 4.69) is 11.8 Å². The molecule has 0 heterocycles. The molecule has 1 saturated carbocycles. The molecule has 1 aliphatic rings. The summed E-state index contributed by atoms with van der Waals surface area (Å²) >= 11 is 0. The van der Waals surface area contributed by atoms with Crippen molar-refractivity contribution in [2.24, 2.45) is 5.92 Å². The molecule has 1 aromatic carbocycles. The number of nitrogens with two attached hydrogens (primary N) is 1. The van der Waals surface area contributed by atoms with E-state index in [1.165, 1.54) is 32.4 Å². The molecule has 0 spiro atoms. The maximum absolute atomic E-state index is 5.73. The van der Waals surface area contributed by atoms with Gasteiger partial charge >= 0.3 is 0 Å². The first kappa shape index (κ1) is 14.2. The summed E-state index contributed by atoms with van der Waals surface area (Å²) in [5.41, 5.74) is 6.49. The fourth-order valence-electron chi connectivity index (χ4n) is 2.36. The molecule has 2 N–H and O–H groups in total. The second kappa shape index (κ2) is 7.39. The summed E-state index contributed by atoms with van der Waals surface area (Å²) in [5.74, 6) is 1.85. The Balaban J connectivity index is 1.63. The van der Waals surface area contributed by atoms with Crippen molar-refractivity contribution in [3.8, 4) is 5.75 Å². The molecule has 1 aliphatic carbocycles. The Morgan fingerprint density at radius 3 is 2.84 bits per heavy atom. The quantitative estimate of drug-likeness (QED) is 0.549. The van der Waals surface area contributed by atoms with Crippen LogP contribution >= 0.6 is 0 Å². The van der Waals surface area contributed by atoms with Crippen LogP contribution < -0.4 is 10.5 Å². The van der Waals surface area contributed by atoms with Gasteiger partial charge in [-0.3, -0.25) is 0 Å². The van der Waals surface area contributed by atoms with Gasteiger partial charge in [-0.15, -0.1) is 0 Å². The van der Waals surface area contributed by atoms with Gasteiger partial charge < -0.3 is 15.4 Å². The summed E-state index contributed by atoms with van der Waals surface area (Å²) in [5, 5.41) is 0. The van der Waals surface area contributed by atoms with Crippen LogP contribution in [0.5, 0.6) is 5.75 Å². The van der Waals surface area contributed by atoms with Gasteiger partial charge in [0.25, 0.3) is 0 Å². The molecule has 19 heavy (non-hydrogen) atoms. The van der Waals surface area contributed by atoms with Crippen molar-refractivity contribution in [2.45, 2.75) is 32.6 Å². The third-order valence-electron chi connectivity index (χ3n) is 3.50. The van der Waals surface area contributed by atoms with Gasteiger partial charge in [-0.05, 0) is 50.3 Å². The Morgan fingerprint density at radius 1 is 1.32 bits per heavy atom. The zero-order valence-corrected chi connectivity index (χ0v) is 12.0. The molecule has 0 bridgehead atoms. The first-order valence-corrected chi connectivity index (χ1v) is 7.48. The summed E-state index contributed by atoms with van der Waals surface area (Å²) in [7, 11) is 0. The number of nitrogen functional groups attached to an aromatic ring is 1. The predicted octanol–water partition coefficient (Wildman–Crippen LogP) is 3.16. The lowest BCUT2D eigenvalue weighted by Gasteiger charge is -2.21. The summed E-state index contributed by atoms with van der Waals surface area (Å²) < 4.78 is 5.73. The van der Waals surface area contributed by atoms with Crippen LogP contribution in [-0.2, 0) is 0 Å². The SMILES string of the molecule is CCCN(CCCOc1cccc(N)c1)CC1CC1. The number of ether oxygens (including phenoxy) is 1. The van der Waals surface area contributed by atoms with E-state index in [0.717, 1.165) is 36.9 Å². The topological polar surface area (TPSA) is 38.5 Å². The van der Waals surface area contributed by atoms with Gasteiger partial charge in [0.05, 0.1) is 6.61 Å². The van der Waals surface area contributed by atoms with E-state index in [9.17, 15) is 0 Å². The Kier molecular flexibility index (Phi) is 5.52. The molecular formula is C16H26N2O. The van der Waals surface area contributed by atoms with Crippen LogP contribution in [-0.4, -0.2) is 31.1 Å². The second-order valence-corrected chi connectivity index (χ2v) is 5.52. The lowest BCUT2D eigenvalue weighted by Crippen LogP contribution is -2.29. The smallest absolute Gasteiger partial charge is 0.121 e. The number of anilines is 1. The summed E-state index contributed by atoms with van der Waals surface area (Å²) in [6.45, 7) is 6.67. The van der Waals surface area contributed by atoms with E-state index >= 15 is 0 Å². The zero-order valence-electron chi connectivity index (χ0n) is 12.0. The average Bonchev–Trinajstić information content (AvgIpc) is 3.19. The molecule has 0 aromatic heterocycles. The van der Waals surface area contributed by atoms with E-state index < -0.39 is 0 Å². The third-order valence-corrected chi connectivity index (χ3v) is 3.50. The molecule has 1 fully saturated rings. The monoisotopic (exact) mass is 262 g/mol. The summed E-state index contributed by atoms with van der Waals surface area (Å²) in [6, 6.07) is 7.66. The standard InChI is InChI=1S/C16H26N2O/c1-2-9-18(13-14-7-8-14)10-4-11-19-16-6-3-5-15(17)12-16/h3,5-6,12,14H,2,4,7-11,13,17H2,1H3. The van der Waals surface area contributed by atoms with Crippen molar-refractivity contribution in [2.75, 3.05) is 32.0 Å². The average molecular weight is 262 g/mol. The van der Waals surface area contributed by atoms with E-state index in [-0.39, 0.29) is 0 Å². The van der Waals surface area contributed by atoms with Crippen LogP contribution in [0, 0.1) is 5.92 Å². The van der Waals surface area contributed by atoms with Gasteiger partial charge in [-0.2, -0.15) is 0 Å². The Bertz CT molecular complexity index is 377. The molecule has 106 valence electrons. The molecule has 0 radical (unpaired) electrons. The van der Waals surface area contributed by atoms with Gasteiger partial charge in [0, 0.05) is 24.8 Å². The minimum absolute atomic E-state index is 0.763. The van der Waals surface area contributed by atoms with Crippen molar-refractivity contribution >= 4 is 5.69 Å². The van der Waals surface area contributed by atoms with Gasteiger partial charge in [0.15, 0.2) is 0 Å². The molecule has 0 unspecified atom stereocenters. The Hall–Kier alpha value is -1.22. The van der Waals surface area contributed by atoms with Crippen molar-refractivity contribution in [1.82, 2.24) is 4.90 Å². The molecule has 2 rings (SSSR count). The van der Waals surface area contributed by atoms with Crippen LogP contribution in [0.3, 0.4) is 0 Å². The molecule has 0 aliphatic heterocycles. The van der Waals surface area contributed by atoms with Crippen molar-refractivity contribution < 1.29 is 4.74 Å². The molecular weight excluding hydrogens is 236 g/mol. The Labute approximate surface area is 116 Å². The first-order valence-electron chi connectivity index (χ1n) is 7.48. The van der Waals surface area contributed by atoms with E-state index in [4.69, 9.17) is 10.5 Å². The highest BCUT2D eigenvalue weighted by Crippen LogP contribution is 2.29. The normalized spacial score (nSPS) is 14.8. The number of benzene rings is 1. The van der Waals surface area contributed by atoms with Crippen LogP contribution in [0.25, 0.3) is 0 Å². The van der Waals surface area contributed by atoms with Gasteiger partial charge in [0.1, 0.15) is 5.75 Å². The van der Waals surface area contributed by atoms with Crippen LogP contribution in [0.15, 0.2) is 24.3 Å². The van der Waals surface area contributed by atoms with E-state index in [1.807, 2.05) is 24.3 Å². The lowest BCUT2D eigenvalue weighted by molar-refractivity contribution is 0.227. The highest BCUT2D eigenvalue weighted by Gasteiger charge is 2.23. The van der Waals surface area contributed by atoms with Gasteiger partial charge in [-0.25, -0.2) is 0 Å². The molecule has 0 atom stereocenters. The number of nitrogens with zero attached hydrogens (tertiary/aromatic N) is 1. The molecule has 1 aromatic rings. The lowest BCUT2D eigenvalue weighted by atomic mass is 10.3. The third kappa shape index (κ3) is 5.52. The summed E-state index contributed by atoms with van der Waals surface area (Å²) in [4.78, 5) is 2.58. The molecule has 3 nitrogen and oxygen atoms in total. The number of hydrogen-bond donors (Lipinski definition) is 1. The second-order valence-electron chi connectivity index (χ2n) is 5.52. The molecule has 0 amide bonds. The minimum atomic E-state index is 0.763. The zero-order chi connectivity index (χ0) is 13.5. The highest BCUT2D eigenvalue weighted by atomic mass is 16.5. The van der Waals surface area contributed by atoms with E-state index in [0.29, 0.717) is 0 Å². The largest absolute Gasteiger partial charge is 0.493 e. The van der Waals surface area contributed by atoms with Crippen molar-refractivity contribution in [1.29, 1.82) is 0 Å². The first-order chi connectivity index (χ1) is 9.28.